The molecule has 1 saturated heterocycles. The molecule has 1 fully saturated rings. The SMILES string of the molecule is CC(C)CC(NC(=O)C(=O)NCc1ccccc1)C(=O)NC(C[C@@H]1CCNC1=O)C(=O)COc1c(F)c(F)cc(F)c1F. The lowest BCUT2D eigenvalue weighted by Crippen LogP contribution is -2.55. The van der Waals surface area contributed by atoms with E-state index in [4.69, 9.17) is 4.74 Å². The summed E-state index contributed by atoms with van der Waals surface area (Å²) in [6, 6.07) is 6.02. The van der Waals surface area contributed by atoms with Gasteiger partial charge in [0, 0.05) is 25.1 Å². The van der Waals surface area contributed by atoms with Crippen molar-refractivity contribution in [1.82, 2.24) is 21.3 Å². The molecule has 14 heteroatoms. The van der Waals surface area contributed by atoms with Gasteiger partial charge >= 0.3 is 11.8 Å². The largest absolute Gasteiger partial charge is 0.479 e. The van der Waals surface area contributed by atoms with E-state index in [9.17, 15) is 41.5 Å². The van der Waals surface area contributed by atoms with Crippen LogP contribution in [0, 0.1) is 35.1 Å². The minimum Gasteiger partial charge on any atom is -0.479 e. The maximum atomic E-state index is 14.0. The molecule has 0 aromatic heterocycles. The summed E-state index contributed by atoms with van der Waals surface area (Å²) in [7, 11) is 0. The number of nitrogens with one attached hydrogen (secondary N) is 4. The number of benzene rings is 2. The normalized spacial score (nSPS) is 15.8. The van der Waals surface area contributed by atoms with E-state index in [1.165, 1.54) is 0 Å². The fourth-order valence-corrected chi connectivity index (χ4v) is 4.40. The number of ketones is 1. The van der Waals surface area contributed by atoms with Crippen LogP contribution in [0.5, 0.6) is 5.75 Å². The van der Waals surface area contributed by atoms with E-state index < -0.39 is 77.1 Å². The Kier molecular flexibility index (Phi) is 11.6. The summed E-state index contributed by atoms with van der Waals surface area (Å²) < 4.78 is 60.0. The van der Waals surface area contributed by atoms with Gasteiger partial charge in [0.15, 0.2) is 23.2 Å². The topological polar surface area (TPSA) is 143 Å². The molecule has 1 aliphatic heterocycles. The highest BCUT2D eigenvalue weighted by atomic mass is 19.2. The van der Waals surface area contributed by atoms with Crippen LogP contribution in [0.2, 0.25) is 0 Å². The number of ether oxygens (including phenoxy) is 1. The van der Waals surface area contributed by atoms with Gasteiger partial charge in [-0.25, -0.2) is 8.78 Å². The van der Waals surface area contributed by atoms with Crippen molar-refractivity contribution in [2.24, 2.45) is 11.8 Å². The number of halogens is 4. The summed E-state index contributed by atoms with van der Waals surface area (Å²) in [5.74, 6) is -13.8. The number of carbonyl (C=O) groups excluding carboxylic acids is 5. The second-order valence-electron chi connectivity index (χ2n) is 10.4. The molecule has 232 valence electrons. The quantitative estimate of drug-likeness (QED) is 0.156. The van der Waals surface area contributed by atoms with Gasteiger partial charge in [-0.1, -0.05) is 44.2 Å². The molecular formula is C29H32F4N4O6. The minimum atomic E-state index is -1.85. The molecule has 2 aromatic rings. The first kappa shape index (κ1) is 33.0. The van der Waals surface area contributed by atoms with E-state index in [2.05, 4.69) is 21.3 Å². The van der Waals surface area contributed by atoms with Crippen molar-refractivity contribution in [3.05, 3.63) is 65.2 Å². The molecule has 0 spiro atoms. The third-order valence-electron chi connectivity index (χ3n) is 6.65. The Balaban J connectivity index is 1.72. The maximum Gasteiger partial charge on any atom is 0.309 e. The smallest absolute Gasteiger partial charge is 0.309 e. The number of amides is 4. The molecule has 4 amide bonds. The zero-order chi connectivity index (χ0) is 31.7. The molecule has 2 unspecified atom stereocenters. The lowest BCUT2D eigenvalue weighted by atomic mass is 9.95. The van der Waals surface area contributed by atoms with E-state index in [-0.39, 0.29) is 37.3 Å². The van der Waals surface area contributed by atoms with Gasteiger partial charge in [-0.2, -0.15) is 8.78 Å². The molecule has 0 saturated carbocycles. The van der Waals surface area contributed by atoms with Crippen molar-refractivity contribution >= 4 is 29.4 Å². The molecule has 1 aliphatic rings. The number of Topliss-reactive ketones (excluding diaryl/α,β-unsaturated/α-hetero) is 1. The molecule has 10 nitrogen and oxygen atoms in total. The average Bonchev–Trinajstić information content (AvgIpc) is 3.38. The van der Waals surface area contributed by atoms with Crippen molar-refractivity contribution in [3.8, 4) is 5.75 Å². The number of hydrogen-bond donors (Lipinski definition) is 4. The molecule has 4 N–H and O–H groups in total. The van der Waals surface area contributed by atoms with E-state index in [0.29, 0.717) is 13.0 Å². The summed E-state index contributed by atoms with van der Waals surface area (Å²) in [5.41, 5.74) is 0.736. The minimum absolute atomic E-state index is 0.0217. The summed E-state index contributed by atoms with van der Waals surface area (Å²) in [6.07, 6.45) is 0.150. The molecule has 3 rings (SSSR count). The van der Waals surface area contributed by atoms with Gasteiger partial charge in [0.05, 0.1) is 6.04 Å². The second kappa shape index (κ2) is 15.1. The van der Waals surface area contributed by atoms with Crippen molar-refractivity contribution < 1.29 is 46.3 Å². The van der Waals surface area contributed by atoms with Crippen molar-refractivity contribution in [2.75, 3.05) is 13.2 Å². The first-order valence-corrected chi connectivity index (χ1v) is 13.6. The molecule has 0 radical (unpaired) electrons. The zero-order valence-electron chi connectivity index (χ0n) is 23.5. The molecule has 0 aliphatic carbocycles. The molecule has 0 bridgehead atoms. The Labute approximate surface area is 244 Å². The summed E-state index contributed by atoms with van der Waals surface area (Å²) >= 11 is 0. The fraction of sp³-hybridized carbons (Fsp3) is 0.414. The third-order valence-corrected chi connectivity index (χ3v) is 6.65. The molecule has 3 atom stereocenters. The van der Waals surface area contributed by atoms with Crippen LogP contribution >= 0.6 is 0 Å². The van der Waals surface area contributed by atoms with Crippen LogP contribution < -0.4 is 26.0 Å². The molecular weight excluding hydrogens is 576 g/mol. The van der Waals surface area contributed by atoms with Crippen LogP contribution in [0.25, 0.3) is 0 Å². The standard InChI is InChI=1S/C29H32F4N4O6/c1-15(2)10-21(37-29(42)28(41)35-13-16-6-4-3-5-7-16)27(40)36-20(11-17-8-9-34-26(17)39)22(38)14-43-25-23(32)18(30)12-19(31)24(25)33/h3-7,12,15,17,20-21H,8-11,13-14H2,1-2H3,(H,34,39)(H,35,41)(H,36,40)(H,37,42)/t17-,20?,21?/m0/s1. The Bertz CT molecular complexity index is 1330. The average molecular weight is 609 g/mol. The van der Waals surface area contributed by atoms with E-state index in [0.717, 1.165) is 5.56 Å². The number of carbonyl (C=O) groups is 5. The molecule has 43 heavy (non-hydrogen) atoms. The number of hydrogen-bond acceptors (Lipinski definition) is 6. The summed E-state index contributed by atoms with van der Waals surface area (Å²) in [4.78, 5) is 63.5. The Hall–Kier alpha value is -4.49. The molecule has 2 aromatic carbocycles. The van der Waals surface area contributed by atoms with Crippen LogP contribution in [-0.4, -0.2) is 54.6 Å². The third kappa shape index (κ3) is 9.25. The fourth-order valence-electron chi connectivity index (χ4n) is 4.40. The van der Waals surface area contributed by atoms with Crippen molar-refractivity contribution in [3.63, 3.8) is 0 Å². The predicted octanol–water partition coefficient (Wildman–Crippen LogP) is 2.05. The van der Waals surface area contributed by atoms with Crippen LogP contribution in [0.4, 0.5) is 17.6 Å². The zero-order valence-corrected chi connectivity index (χ0v) is 23.5. The second-order valence-corrected chi connectivity index (χ2v) is 10.4. The number of rotatable bonds is 13. The van der Waals surface area contributed by atoms with E-state index in [1.807, 2.05) is 0 Å². The first-order valence-electron chi connectivity index (χ1n) is 13.6. The van der Waals surface area contributed by atoms with Gasteiger partial charge in [0.2, 0.25) is 23.4 Å². The summed E-state index contributed by atoms with van der Waals surface area (Å²) in [5, 5.41) is 9.81. The van der Waals surface area contributed by atoms with Crippen LogP contribution in [-0.2, 0) is 30.5 Å². The monoisotopic (exact) mass is 608 g/mol. The molecule has 1 heterocycles. The maximum absolute atomic E-state index is 14.0. The van der Waals surface area contributed by atoms with Gasteiger partial charge in [0.1, 0.15) is 12.6 Å². The van der Waals surface area contributed by atoms with Crippen molar-refractivity contribution in [1.29, 1.82) is 0 Å². The highest BCUT2D eigenvalue weighted by Crippen LogP contribution is 2.26. The van der Waals surface area contributed by atoms with Crippen LogP contribution in [0.15, 0.2) is 36.4 Å². The highest BCUT2D eigenvalue weighted by Gasteiger charge is 2.34. The van der Waals surface area contributed by atoms with Gasteiger partial charge in [-0.15, -0.1) is 0 Å². The van der Waals surface area contributed by atoms with Crippen molar-refractivity contribution in [2.45, 2.75) is 51.7 Å². The van der Waals surface area contributed by atoms with E-state index in [1.54, 1.807) is 44.2 Å². The van der Waals surface area contributed by atoms with Crippen LogP contribution in [0.1, 0.15) is 38.7 Å². The Morgan fingerprint density at radius 3 is 2.19 bits per heavy atom. The van der Waals surface area contributed by atoms with Crippen LogP contribution in [0.3, 0.4) is 0 Å². The van der Waals surface area contributed by atoms with Gasteiger partial charge < -0.3 is 26.0 Å². The van der Waals surface area contributed by atoms with Gasteiger partial charge in [0.25, 0.3) is 0 Å². The predicted molar refractivity (Wildman–Crippen MR) is 144 cm³/mol. The van der Waals surface area contributed by atoms with E-state index >= 15 is 0 Å². The van der Waals surface area contributed by atoms with Gasteiger partial charge in [-0.05, 0) is 30.7 Å². The lowest BCUT2D eigenvalue weighted by molar-refractivity contribution is -0.141. The Morgan fingerprint density at radius 1 is 0.953 bits per heavy atom. The summed E-state index contributed by atoms with van der Waals surface area (Å²) in [6.45, 7) is 2.77. The highest BCUT2D eigenvalue weighted by molar-refractivity contribution is 6.35. The lowest BCUT2D eigenvalue weighted by Gasteiger charge is -2.25. The first-order chi connectivity index (χ1) is 20.4. The Morgan fingerprint density at radius 2 is 1.60 bits per heavy atom. The van der Waals surface area contributed by atoms with Gasteiger partial charge in [-0.3, -0.25) is 24.0 Å².